The molecule has 2 rings (SSSR count). The lowest BCUT2D eigenvalue weighted by Gasteiger charge is -2.15. The van der Waals surface area contributed by atoms with Crippen LogP contribution in [0.3, 0.4) is 0 Å². The van der Waals surface area contributed by atoms with Crippen LogP contribution >= 0.6 is 11.9 Å². The van der Waals surface area contributed by atoms with Gasteiger partial charge in [0, 0.05) is 11.4 Å². The summed E-state index contributed by atoms with van der Waals surface area (Å²) in [5, 5.41) is 0. The molecule has 0 bridgehead atoms. The normalized spacial score (nSPS) is 15.6. The van der Waals surface area contributed by atoms with E-state index in [1.165, 1.54) is 11.3 Å². The lowest BCUT2D eigenvalue weighted by molar-refractivity contribution is 1.24. The van der Waals surface area contributed by atoms with Crippen molar-refractivity contribution in [2.45, 2.75) is 6.42 Å². The molecule has 10 heavy (non-hydrogen) atoms. The average molecular weight is 150 g/mol. The lowest BCUT2D eigenvalue weighted by Crippen LogP contribution is -1.99. The van der Waals surface area contributed by atoms with Crippen LogP contribution in [-0.2, 0) is 6.42 Å². The van der Waals surface area contributed by atoms with Crippen molar-refractivity contribution in [2.75, 3.05) is 4.72 Å². The Bertz CT molecular complexity index is 209. The van der Waals surface area contributed by atoms with Gasteiger partial charge in [0.15, 0.2) is 0 Å². The third-order valence-corrected chi connectivity index (χ3v) is 2.24. The molecule has 1 radical (unpaired) electrons. The monoisotopic (exact) mass is 150 g/mol. The molecular weight excluding hydrogens is 142 g/mol. The van der Waals surface area contributed by atoms with Gasteiger partial charge < -0.3 is 4.72 Å². The van der Waals surface area contributed by atoms with Gasteiger partial charge in [-0.15, -0.1) is 0 Å². The van der Waals surface area contributed by atoms with Gasteiger partial charge in [0.25, 0.3) is 0 Å². The summed E-state index contributed by atoms with van der Waals surface area (Å²) in [5.74, 6) is 2.17. The second-order valence-electron chi connectivity index (χ2n) is 2.25. The third-order valence-electron chi connectivity index (χ3n) is 1.57. The van der Waals surface area contributed by atoms with E-state index in [1.807, 2.05) is 0 Å². The van der Waals surface area contributed by atoms with Gasteiger partial charge in [-0.1, -0.05) is 18.2 Å². The maximum atomic E-state index is 3.22. The number of para-hydroxylation sites is 1. The van der Waals surface area contributed by atoms with Gasteiger partial charge in [-0.2, -0.15) is 0 Å². The van der Waals surface area contributed by atoms with Crippen molar-refractivity contribution in [1.82, 2.24) is 0 Å². The summed E-state index contributed by atoms with van der Waals surface area (Å²) in [6.07, 6.45) is 1.08. The van der Waals surface area contributed by atoms with Gasteiger partial charge in [0.2, 0.25) is 0 Å². The minimum atomic E-state index is 1.08. The molecule has 1 aromatic rings. The maximum absolute atomic E-state index is 3.22. The van der Waals surface area contributed by atoms with Gasteiger partial charge in [-0.05, 0) is 30.0 Å². The average Bonchev–Trinajstić information content (AvgIpc) is 2.05. The van der Waals surface area contributed by atoms with Crippen LogP contribution in [0.25, 0.3) is 0 Å². The summed E-state index contributed by atoms with van der Waals surface area (Å²) in [6.45, 7) is 0. The van der Waals surface area contributed by atoms with Crippen molar-refractivity contribution in [3.63, 3.8) is 0 Å². The summed E-state index contributed by atoms with van der Waals surface area (Å²) >= 11 is 1.66. The number of nitrogens with one attached hydrogen (secondary N) is 1. The summed E-state index contributed by atoms with van der Waals surface area (Å²) < 4.78 is 3.22. The molecule has 0 amide bonds. The molecule has 1 N–H and O–H groups in total. The molecule has 1 nitrogen and oxygen atoms in total. The zero-order chi connectivity index (χ0) is 6.81. The molecule has 0 saturated carbocycles. The molecule has 0 fully saturated rings. The maximum Gasteiger partial charge on any atom is 0.0472 e. The minimum absolute atomic E-state index is 1.08. The first-order valence-electron chi connectivity index (χ1n) is 3.28. The van der Waals surface area contributed by atoms with Gasteiger partial charge in [0.05, 0.1) is 0 Å². The topological polar surface area (TPSA) is 12.0 Å². The Balaban J connectivity index is 2.41. The molecule has 1 aromatic carbocycles. The van der Waals surface area contributed by atoms with E-state index in [4.69, 9.17) is 0 Å². The first kappa shape index (κ1) is 6.10. The molecule has 0 spiro atoms. The summed E-state index contributed by atoms with van der Waals surface area (Å²) in [5.41, 5.74) is 2.65. The Labute approximate surface area is 65.0 Å². The van der Waals surface area contributed by atoms with Crippen molar-refractivity contribution >= 4 is 17.6 Å². The fraction of sp³-hybridized carbons (Fsp3) is 0.125. The largest absolute Gasteiger partial charge is 0.329 e. The summed E-state index contributed by atoms with van der Waals surface area (Å²) in [4.78, 5) is 0. The zero-order valence-electron chi connectivity index (χ0n) is 5.50. The van der Waals surface area contributed by atoms with E-state index in [0.29, 0.717) is 0 Å². The van der Waals surface area contributed by atoms with Gasteiger partial charge in [-0.25, -0.2) is 0 Å². The Morgan fingerprint density at radius 2 is 2.20 bits per heavy atom. The number of hydrogen-bond donors (Lipinski definition) is 1. The highest BCUT2D eigenvalue weighted by atomic mass is 32.2. The van der Waals surface area contributed by atoms with E-state index in [1.54, 1.807) is 11.9 Å². The number of benzene rings is 1. The lowest BCUT2D eigenvalue weighted by atomic mass is 10.1. The van der Waals surface area contributed by atoms with E-state index in [9.17, 15) is 0 Å². The minimum Gasteiger partial charge on any atom is -0.329 e. The highest BCUT2D eigenvalue weighted by Crippen LogP contribution is 2.27. The van der Waals surface area contributed by atoms with Crippen molar-refractivity contribution < 1.29 is 0 Å². The molecule has 1 heterocycles. The van der Waals surface area contributed by atoms with Crippen LogP contribution in [0.2, 0.25) is 0 Å². The third kappa shape index (κ3) is 0.991. The molecule has 51 valence electrons. The highest BCUT2D eigenvalue weighted by Gasteiger charge is 2.06. The molecule has 1 aliphatic rings. The fourth-order valence-electron chi connectivity index (χ4n) is 1.03. The summed E-state index contributed by atoms with van der Waals surface area (Å²) in [7, 11) is 0. The van der Waals surface area contributed by atoms with Crippen molar-refractivity contribution in [3.05, 3.63) is 35.6 Å². The van der Waals surface area contributed by atoms with Crippen molar-refractivity contribution in [2.24, 2.45) is 0 Å². The van der Waals surface area contributed by atoms with Crippen molar-refractivity contribution in [1.29, 1.82) is 0 Å². The van der Waals surface area contributed by atoms with Gasteiger partial charge >= 0.3 is 0 Å². The Morgan fingerprint density at radius 3 is 3.10 bits per heavy atom. The number of rotatable bonds is 0. The molecule has 1 aliphatic heterocycles. The Morgan fingerprint density at radius 1 is 1.30 bits per heavy atom. The van der Waals surface area contributed by atoms with Crippen LogP contribution in [0.15, 0.2) is 24.3 Å². The molecule has 0 atom stereocenters. The second kappa shape index (κ2) is 2.54. The van der Waals surface area contributed by atoms with E-state index >= 15 is 0 Å². The van der Waals surface area contributed by atoms with Crippen LogP contribution in [0.5, 0.6) is 0 Å². The van der Waals surface area contributed by atoms with E-state index in [2.05, 4.69) is 34.7 Å². The van der Waals surface area contributed by atoms with Gasteiger partial charge in [-0.3, -0.25) is 0 Å². The Hall–Kier alpha value is -0.630. The quantitative estimate of drug-likeness (QED) is 0.570. The van der Waals surface area contributed by atoms with Crippen LogP contribution in [0.1, 0.15) is 5.56 Å². The predicted octanol–water partition coefficient (Wildman–Crippen LogP) is 2.46. The van der Waals surface area contributed by atoms with Crippen LogP contribution < -0.4 is 4.72 Å². The first-order valence-corrected chi connectivity index (χ1v) is 4.16. The fourth-order valence-corrected chi connectivity index (χ4v) is 1.71. The number of fused-ring (bicyclic) bond motifs is 1. The van der Waals surface area contributed by atoms with Crippen LogP contribution in [0, 0.1) is 5.75 Å². The number of hydrogen-bond acceptors (Lipinski definition) is 2. The van der Waals surface area contributed by atoms with Crippen LogP contribution in [0.4, 0.5) is 5.69 Å². The van der Waals surface area contributed by atoms with E-state index in [0.717, 1.165) is 6.42 Å². The second-order valence-corrected chi connectivity index (χ2v) is 3.02. The standard InChI is InChI=1S/C8H8NS/c1-2-4-8-7(3-1)5-6-10-9-8/h1-4,6,9H,5H2. The smallest absolute Gasteiger partial charge is 0.0472 e. The van der Waals surface area contributed by atoms with Crippen LogP contribution in [-0.4, -0.2) is 0 Å². The van der Waals surface area contributed by atoms with E-state index < -0.39 is 0 Å². The number of anilines is 1. The zero-order valence-corrected chi connectivity index (χ0v) is 6.32. The Kier molecular flexibility index (Phi) is 1.55. The molecular formula is C8H8NS. The molecule has 2 heteroatoms. The molecule has 0 aromatic heterocycles. The van der Waals surface area contributed by atoms with Crippen molar-refractivity contribution in [3.8, 4) is 0 Å². The summed E-state index contributed by atoms with van der Waals surface area (Å²) in [6, 6.07) is 8.38. The molecule has 0 aliphatic carbocycles. The SMILES string of the molecule is [CH]1Cc2ccccc2NS1. The predicted molar refractivity (Wildman–Crippen MR) is 45.7 cm³/mol. The molecule has 0 unspecified atom stereocenters. The molecule has 0 saturated heterocycles. The van der Waals surface area contributed by atoms with Gasteiger partial charge in [0.1, 0.15) is 0 Å². The van der Waals surface area contributed by atoms with E-state index in [-0.39, 0.29) is 0 Å². The first-order chi connectivity index (χ1) is 4.97. The highest BCUT2D eigenvalue weighted by molar-refractivity contribution is 8.02.